The molecule has 2 aromatic rings. The van der Waals surface area contributed by atoms with E-state index in [-0.39, 0.29) is 10.7 Å². The fourth-order valence-corrected chi connectivity index (χ4v) is 1.84. The average molecular weight is 318 g/mol. The topological polar surface area (TPSA) is 12.4 Å². The molecule has 104 valence electrons. The number of nitrogens with zero attached hydrogens (tertiary/aromatic N) is 1. The molecule has 0 aliphatic carbocycles. The normalized spacial score (nSPS) is 12.1. The Morgan fingerprint density at radius 3 is 2.10 bits per heavy atom. The van der Waals surface area contributed by atoms with Gasteiger partial charge in [-0.3, -0.25) is 4.99 Å². The second-order valence-corrected chi connectivity index (χ2v) is 4.84. The SMILES string of the molecule is FC(F)(F)c1ccc(Cl)cc1N=Cc1ccc(Cl)cc1. The number of hydrogen-bond donors (Lipinski definition) is 0. The highest BCUT2D eigenvalue weighted by Gasteiger charge is 2.33. The average Bonchev–Trinajstić information content (AvgIpc) is 2.36. The van der Waals surface area contributed by atoms with E-state index in [1.807, 2.05) is 0 Å². The van der Waals surface area contributed by atoms with E-state index in [4.69, 9.17) is 23.2 Å². The second kappa shape index (κ2) is 5.85. The summed E-state index contributed by atoms with van der Waals surface area (Å²) >= 11 is 11.4. The molecule has 0 aliphatic rings. The van der Waals surface area contributed by atoms with Gasteiger partial charge in [0.05, 0.1) is 11.3 Å². The van der Waals surface area contributed by atoms with Crippen molar-refractivity contribution in [2.24, 2.45) is 4.99 Å². The third-order valence-corrected chi connectivity index (χ3v) is 2.97. The van der Waals surface area contributed by atoms with Crippen LogP contribution in [0.15, 0.2) is 47.5 Å². The molecule has 0 bridgehead atoms. The molecule has 6 heteroatoms. The van der Waals surface area contributed by atoms with Crippen molar-refractivity contribution in [3.8, 4) is 0 Å². The lowest BCUT2D eigenvalue weighted by atomic mass is 10.1. The smallest absolute Gasteiger partial charge is 0.256 e. The lowest BCUT2D eigenvalue weighted by Gasteiger charge is -2.09. The van der Waals surface area contributed by atoms with E-state index in [0.717, 1.165) is 6.07 Å². The molecule has 0 amide bonds. The van der Waals surface area contributed by atoms with Gasteiger partial charge in [0.15, 0.2) is 0 Å². The van der Waals surface area contributed by atoms with Crippen molar-refractivity contribution in [2.75, 3.05) is 0 Å². The Balaban J connectivity index is 2.37. The molecule has 0 unspecified atom stereocenters. The van der Waals surface area contributed by atoms with Crippen molar-refractivity contribution >= 4 is 35.1 Å². The summed E-state index contributed by atoms with van der Waals surface area (Å²) < 4.78 is 38.5. The predicted octanol–water partition coefficient (Wildman–Crippen LogP) is 5.76. The summed E-state index contributed by atoms with van der Waals surface area (Å²) in [5.74, 6) is 0. The summed E-state index contributed by atoms with van der Waals surface area (Å²) in [6.07, 6.45) is -3.14. The molecule has 0 radical (unpaired) electrons. The van der Waals surface area contributed by atoms with Gasteiger partial charge in [-0.25, -0.2) is 0 Å². The Morgan fingerprint density at radius 1 is 0.900 bits per heavy atom. The van der Waals surface area contributed by atoms with E-state index in [2.05, 4.69) is 4.99 Å². The maximum absolute atomic E-state index is 12.8. The summed E-state index contributed by atoms with van der Waals surface area (Å²) in [7, 11) is 0. The molecule has 2 rings (SSSR count). The molecule has 1 nitrogen and oxygen atoms in total. The van der Waals surface area contributed by atoms with Crippen LogP contribution in [0, 0.1) is 0 Å². The molecule has 0 saturated carbocycles. The van der Waals surface area contributed by atoms with Gasteiger partial charge in [-0.15, -0.1) is 0 Å². The van der Waals surface area contributed by atoms with Gasteiger partial charge in [0.1, 0.15) is 0 Å². The Kier molecular flexibility index (Phi) is 4.35. The van der Waals surface area contributed by atoms with Crippen LogP contribution in [0.4, 0.5) is 18.9 Å². The van der Waals surface area contributed by atoms with Crippen LogP contribution in [0.5, 0.6) is 0 Å². The first-order valence-corrected chi connectivity index (χ1v) is 6.28. The quantitative estimate of drug-likeness (QED) is 0.624. The second-order valence-electron chi connectivity index (χ2n) is 3.97. The molecule has 0 aromatic heterocycles. The fraction of sp³-hybridized carbons (Fsp3) is 0.0714. The molecule has 0 fully saturated rings. The first-order chi connectivity index (χ1) is 9.36. The van der Waals surface area contributed by atoms with Crippen LogP contribution in [0.2, 0.25) is 10.0 Å². The van der Waals surface area contributed by atoms with Gasteiger partial charge in [-0.05, 0) is 35.9 Å². The van der Waals surface area contributed by atoms with Crippen molar-refractivity contribution in [3.05, 3.63) is 63.6 Å². The molecule has 2 aromatic carbocycles. The summed E-state index contributed by atoms with van der Waals surface area (Å²) in [6.45, 7) is 0. The Morgan fingerprint density at radius 2 is 1.50 bits per heavy atom. The van der Waals surface area contributed by atoms with Crippen LogP contribution in [-0.4, -0.2) is 6.21 Å². The molecule has 20 heavy (non-hydrogen) atoms. The van der Waals surface area contributed by atoms with Crippen molar-refractivity contribution in [2.45, 2.75) is 6.18 Å². The number of rotatable bonds is 2. The number of benzene rings is 2. The van der Waals surface area contributed by atoms with Crippen LogP contribution in [-0.2, 0) is 6.18 Å². The summed E-state index contributed by atoms with van der Waals surface area (Å²) in [5.41, 5.74) is -0.408. The number of alkyl halides is 3. The summed E-state index contributed by atoms with van der Waals surface area (Å²) in [6, 6.07) is 9.85. The standard InChI is InChI=1S/C14H8Cl2F3N/c15-10-3-1-9(2-4-10)8-20-13-7-11(16)5-6-12(13)14(17,18)19/h1-8H. The Bertz CT molecular complexity index is 634. The van der Waals surface area contributed by atoms with E-state index in [1.165, 1.54) is 18.3 Å². The van der Waals surface area contributed by atoms with Gasteiger partial charge in [0.25, 0.3) is 0 Å². The van der Waals surface area contributed by atoms with Gasteiger partial charge in [0.2, 0.25) is 0 Å². The van der Waals surface area contributed by atoms with Gasteiger partial charge in [-0.2, -0.15) is 13.2 Å². The molecular weight excluding hydrogens is 310 g/mol. The maximum Gasteiger partial charge on any atom is 0.418 e. The zero-order valence-corrected chi connectivity index (χ0v) is 11.5. The lowest BCUT2D eigenvalue weighted by molar-refractivity contribution is -0.137. The summed E-state index contributed by atoms with van der Waals surface area (Å²) in [4.78, 5) is 3.86. The van der Waals surface area contributed by atoms with Crippen LogP contribution >= 0.6 is 23.2 Å². The minimum Gasteiger partial charge on any atom is -0.256 e. The molecule has 0 spiro atoms. The van der Waals surface area contributed by atoms with Crippen molar-refractivity contribution in [3.63, 3.8) is 0 Å². The molecule has 0 aliphatic heterocycles. The highest BCUT2D eigenvalue weighted by atomic mass is 35.5. The molecule has 0 N–H and O–H groups in total. The molecule has 0 saturated heterocycles. The van der Waals surface area contributed by atoms with Crippen LogP contribution in [0.3, 0.4) is 0 Å². The molecule has 0 atom stereocenters. The molecular formula is C14H8Cl2F3N. The summed E-state index contributed by atoms with van der Waals surface area (Å²) in [5, 5.41) is 0.738. The zero-order chi connectivity index (χ0) is 14.8. The Hall–Kier alpha value is -1.52. The zero-order valence-electron chi connectivity index (χ0n) is 9.96. The van der Waals surface area contributed by atoms with E-state index in [9.17, 15) is 13.2 Å². The highest BCUT2D eigenvalue weighted by Crippen LogP contribution is 2.37. The fourth-order valence-electron chi connectivity index (χ4n) is 1.54. The Labute approximate surface area is 123 Å². The van der Waals surface area contributed by atoms with Crippen molar-refractivity contribution in [1.29, 1.82) is 0 Å². The number of aliphatic imine (C=N–C) groups is 1. The first kappa shape index (κ1) is 14.9. The van der Waals surface area contributed by atoms with E-state index < -0.39 is 11.7 Å². The number of halogens is 5. The first-order valence-electron chi connectivity index (χ1n) is 5.52. The van der Waals surface area contributed by atoms with Crippen LogP contribution < -0.4 is 0 Å². The van der Waals surface area contributed by atoms with E-state index in [0.29, 0.717) is 10.6 Å². The number of hydrogen-bond acceptors (Lipinski definition) is 1. The van der Waals surface area contributed by atoms with Gasteiger partial charge in [-0.1, -0.05) is 35.3 Å². The van der Waals surface area contributed by atoms with E-state index >= 15 is 0 Å². The largest absolute Gasteiger partial charge is 0.418 e. The van der Waals surface area contributed by atoms with Crippen molar-refractivity contribution < 1.29 is 13.2 Å². The van der Waals surface area contributed by atoms with E-state index in [1.54, 1.807) is 24.3 Å². The van der Waals surface area contributed by atoms with Crippen LogP contribution in [0.25, 0.3) is 0 Å². The third kappa shape index (κ3) is 3.74. The van der Waals surface area contributed by atoms with Gasteiger partial charge < -0.3 is 0 Å². The molecule has 0 heterocycles. The minimum absolute atomic E-state index is 0.196. The van der Waals surface area contributed by atoms with Gasteiger partial charge >= 0.3 is 6.18 Å². The van der Waals surface area contributed by atoms with Crippen LogP contribution in [0.1, 0.15) is 11.1 Å². The lowest BCUT2D eigenvalue weighted by Crippen LogP contribution is -2.05. The maximum atomic E-state index is 12.8. The monoisotopic (exact) mass is 317 g/mol. The predicted molar refractivity (Wildman–Crippen MR) is 75.2 cm³/mol. The third-order valence-electron chi connectivity index (χ3n) is 2.49. The van der Waals surface area contributed by atoms with Gasteiger partial charge in [0, 0.05) is 16.3 Å². The highest BCUT2D eigenvalue weighted by molar-refractivity contribution is 6.31. The minimum atomic E-state index is -4.47. The van der Waals surface area contributed by atoms with Crippen molar-refractivity contribution in [1.82, 2.24) is 0 Å².